The van der Waals surface area contributed by atoms with Gasteiger partial charge in [-0.3, -0.25) is 4.79 Å². The van der Waals surface area contributed by atoms with Crippen LogP contribution in [0.3, 0.4) is 0 Å². The summed E-state index contributed by atoms with van der Waals surface area (Å²) in [5, 5.41) is 11.9. The predicted octanol–water partition coefficient (Wildman–Crippen LogP) is 2.67. The monoisotopic (exact) mass is 353 g/mol. The van der Waals surface area contributed by atoms with Crippen LogP contribution in [0, 0.1) is 5.92 Å². The number of piperidine rings is 1. The molecular weight excluding hydrogens is 330 g/mol. The number of nitrogens with one attached hydrogen (secondary N) is 1. The van der Waals surface area contributed by atoms with Gasteiger partial charge in [-0.15, -0.1) is 0 Å². The minimum atomic E-state index is -1.08. The van der Waals surface area contributed by atoms with Gasteiger partial charge in [0.25, 0.3) is 0 Å². The topological polar surface area (TPSA) is 82.5 Å². The molecule has 0 spiro atoms. The summed E-state index contributed by atoms with van der Waals surface area (Å²) in [4.78, 5) is 29.1. The highest BCUT2D eigenvalue weighted by Crippen LogP contribution is 2.21. The van der Waals surface area contributed by atoms with Crippen LogP contribution in [-0.2, 0) is 11.2 Å². The molecule has 2 heterocycles. The number of aromatic carboxylic acids is 1. The molecule has 1 amide bonds. The van der Waals surface area contributed by atoms with Gasteiger partial charge >= 0.3 is 5.97 Å². The van der Waals surface area contributed by atoms with Gasteiger partial charge in [0, 0.05) is 13.1 Å². The summed E-state index contributed by atoms with van der Waals surface area (Å²) in [6.45, 7) is 1.65. The summed E-state index contributed by atoms with van der Waals surface area (Å²) < 4.78 is 0. The Morgan fingerprint density at radius 3 is 2.50 bits per heavy atom. The second-order valence-corrected chi connectivity index (χ2v) is 6.58. The van der Waals surface area contributed by atoms with E-state index < -0.39 is 5.97 Å². The van der Waals surface area contributed by atoms with E-state index in [0.717, 1.165) is 32.4 Å². The lowest BCUT2D eigenvalue weighted by molar-refractivity contribution is -0.130. The number of carbonyl (C=O) groups is 2. The molecule has 136 valence electrons. The van der Waals surface area contributed by atoms with Crippen LogP contribution in [0.4, 0.5) is 5.82 Å². The average molecular weight is 353 g/mol. The van der Waals surface area contributed by atoms with Gasteiger partial charge in [0.15, 0.2) is 5.69 Å². The number of likely N-dealkylation sites (tertiary alicyclic amines) is 1. The summed E-state index contributed by atoms with van der Waals surface area (Å²) in [6, 6.07) is 15.1. The highest BCUT2D eigenvalue weighted by molar-refractivity contribution is 5.86. The first kappa shape index (κ1) is 17.9. The number of carboxylic acid groups (broad SMARTS) is 1. The molecule has 3 rings (SSSR count). The number of amides is 1. The molecule has 1 fully saturated rings. The Balaban J connectivity index is 1.45. The predicted molar refractivity (Wildman–Crippen MR) is 99.1 cm³/mol. The first-order valence-electron chi connectivity index (χ1n) is 8.88. The maximum atomic E-state index is 12.4. The molecular formula is C20H23N3O3. The maximum absolute atomic E-state index is 12.4. The Bertz CT molecular complexity index is 756. The van der Waals surface area contributed by atoms with Crippen molar-refractivity contribution in [2.45, 2.75) is 19.3 Å². The van der Waals surface area contributed by atoms with Crippen LogP contribution in [0.25, 0.3) is 0 Å². The normalized spacial score (nSPS) is 14.8. The largest absolute Gasteiger partial charge is 0.477 e. The number of carboxylic acids is 1. The number of pyridine rings is 1. The van der Waals surface area contributed by atoms with Crippen LogP contribution >= 0.6 is 0 Å². The van der Waals surface area contributed by atoms with Gasteiger partial charge in [0.1, 0.15) is 5.82 Å². The molecule has 0 bridgehead atoms. The van der Waals surface area contributed by atoms with E-state index in [2.05, 4.69) is 34.6 Å². The third kappa shape index (κ3) is 4.81. The lowest BCUT2D eigenvalue weighted by Gasteiger charge is -2.32. The number of nitrogens with zero attached hydrogens (tertiary/aromatic N) is 2. The molecule has 1 aliphatic heterocycles. The minimum Gasteiger partial charge on any atom is -0.477 e. The Kier molecular flexibility index (Phi) is 5.84. The molecule has 6 nitrogen and oxygen atoms in total. The van der Waals surface area contributed by atoms with E-state index in [1.165, 1.54) is 11.6 Å². The van der Waals surface area contributed by atoms with Crippen LogP contribution in [0.5, 0.6) is 0 Å². The molecule has 26 heavy (non-hydrogen) atoms. The number of carbonyl (C=O) groups excluding carboxylic acids is 1. The fourth-order valence-corrected chi connectivity index (χ4v) is 3.26. The Hall–Kier alpha value is -2.89. The first-order chi connectivity index (χ1) is 12.6. The first-order valence-corrected chi connectivity index (χ1v) is 8.88. The molecule has 0 aliphatic carbocycles. The summed E-state index contributed by atoms with van der Waals surface area (Å²) >= 11 is 0. The molecule has 1 aromatic carbocycles. The average Bonchev–Trinajstić information content (AvgIpc) is 2.68. The van der Waals surface area contributed by atoms with E-state index in [0.29, 0.717) is 11.7 Å². The second-order valence-electron chi connectivity index (χ2n) is 6.58. The zero-order valence-corrected chi connectivity index (χ0v) is 14.6. The molecule has 0 atom stereocenters. The molecule has 0 saturated carbocycles. The van der Waals surface area contributed by atoms with Crippen molar-refractivity contribution in [3.63, 3.8) is 0 Å². The molecule has 1 aliphatic rings. The highest BCUT2D eigenvalue weighted by atomic mass is 16.4. The van der Waals surface area contributed by atoms with Crippen LogP contribution in [0.1, 0.15) is 28.9 Å². The zero-order chi connectivity index (χ0) is 18.4. The van der Waals surface area contributed by atoms with Crippen molar-refractivity contribution in [1.29, 1.82) is 0 Å². The van der Waals surface area contributed by atoms with Gasteiger partial charge in [-0.2, -0.15) is 0 Å². The Morgan fingerprint density at radius 1 is 1.08 bits per heavy atom. The molecule has 6 heteroatoms. The zero-order valence-electron chi connectivity index (χ0n) is 14.6. The number of anilines is 1. The standard InChI is InChI=1S/C20H23N3O3/c24-19(14-21-18-8-4-7-17(22-18)20(25)26)23-11-9-16(10-12-23)13-15-5-2-1-3-6-15/h1-8,16H,9-14H2,(H,21,22)(H,25,26). The van der Waals surface area contributed by atoms with Gasteiger partial charge in [-0.05, 0) is 42.9 Å². The van der Waals surface area contributed by atoms with Crippen molar-refractivity contribution >= 4 is 17.7 Å². The molecule has 0 unspecified atom stereocenters. The Morgan fingerprint density at radius 2 is 1.81 bits per heavy atom. The van der Waals surface area contributed by atoms with Crippen LogP contribution in [0.2, 0.25) is 0 Å². The van der Waals surface area contributed by atoms with Crippen LogP contribution < -0.4 is 5.32 Å². The van der Waals surface area contributed by atoms with E-state index in [9.17, 15) is 9.59 Å². The molecule has 1 saturated heterocycles. The van der Waals surface area contributed by atoms with E-state index in [4.69, 9.17) is 5.11 Å². The van der Waals surface area contributed by atoms with Crippen molar-refractivity contribution in [2.24, 2.45) is 5.92 Å². The SMILES string of the molecule is O=C(O)c1cccc(NCC(=O)N2CCC(Cc3ccccc3)CC2)n1. The van der Waals surface area contributed by atoms with E-state index in [-0.39, 0.29) is 18.1 Å². The van der Waals surface area contributed by atoms with Crippen LogP contribution in [0.15, 0.2) is 48.5 Å². The minimum absolute atomic E-state index is 0.0192. The molecule has 2 aromatic rings. The van der Waals surface area contributed by atoms with Gasteiger partial charge in [-0.1, -0.05) is 36.4 Å². The lowest BCUT2D eigenvalue weighted by Crippen LogP contribution is -2.41. The molecule has 0 radical (unpaired) electrons. The van der Waals surface area contributed by atoms with E-state index >= 15 is 0 Å². The smallest absolute Gasteiger partial charge is 0.354 e. The summed E-state index contributed by atoms with van der Waals surface area (Å²) in [5.41, 5.74) is 1.31. The van der Waals surface area contributed by atoms with Gasteiger partial charge < -0.3 is 15.3 Å². The van der Waals surface area contributed by atoms with Crippen molar-refractivity contribution < 1.29 is 14.7 Å². The fourth-order valence-electron chi connectivity index (χ4n) is 3.26. The van der Waals surface area contributed by atoms with E-state index in [1.807, 2.05) is 11.0 Å². The quantitative estimate of drug-likeness (QED) is 0.834. The molecule has 2 N–H and O–H groups in total. The summed E-state index contributed by atoms with van der Waals surface area (Å²) in [5.74, 6) is -0.0494. The number of rotatable bonds is 6. The summed E-state index contributed by atoms with van der Waals surface area (Å²) in [6.07, 6.45) is 3.08. The second kappa shape index (κ2) is 8.47. The number of hydrogen-bond donors (Lipinski definition) is 2. The van der Waals surface area contributed by atoms with Crippen molar-refractivity contribution in [3.05, 3.63) is 59.8 Å². The summed E-state index contributed by atoms with van der Waals surface area (Å²) in [7, 11) is 0. The number of aromatic nitrogens is 1. The Labute approximate surface area is 152 Å². The van der Waals surface area contributed by atoms with Gasteiger partial charge in [0.2, 0.25) is 5.91 Å². The van der Waals surface area contributed by atoms with Crippen LogP contribution in [-0.4, -0.2) is 46.5 Å². The van der Waals surface area contributed by atoms with Crippen molar-refractivity contribution in [3.8, 4) is 0 Å². The van der Waals surface area contributed by atoms with Crippen molar-refractivity contribution in [2.75, 3.05) is 25.0 Å². The van der Waals surface area contributed by atoms with Gasteiger partial charge in [-0.25, -0.2) is 9.78 Å². The third-order valence-corrected chi connectivity index (χ3v) is 4.72. The number of benzene rings is 1. The fraction of sp³-hybridized carbons (Fsp3) is 0.350. The number of hydrogen-bond acceptors (Lipinski definition) is 4. The highest BCUT2D eigenvalue weighted by Gasteiger charge is 2.22. The van der Waals surface area contributed by atoms with E-state index in [1.54, 1.807) is 12.1 Å². The van der Waals surface area contributed by atoms with Gasteiger partial charge in [0.05, 0.1) is 6.54 Å². The maximum Gasteiger partial charge on any atom is 0.354 e. The van der Waals surface area contributed by atoms with Crippen molar-refractivity contribution in [1.82, 2.24) is 9.88 Å². The third-order valence-electron chi connectivity index (χ3n) is 4.72. The lowest BCUT2D eigenvalue weighted by atomic mass is 9.90. The molecule has 1 aromatic heterocycles.